The van der Waals surface area contributed by atoms with Crippen LogP contribution in [0.15, 0.2) is 60.8 Å². The van der Waals surface area contributed by atoms with Gasteiger partial charge in [-0.3, -0.25) is 4.79 Å². The number of rotatable bonds is 4. The molecule has 50 heavy (non-hydrogen) atoms. The third kappa shape index (κ3) is 7.17. The summed E-state index contributed by atoms with van der Waals surface area (Å²) in [6.07, 6.45) is -0.850. The molecule has 0 saturated heterocycles. The van der Waals surface area contributed by atoms with E-state index in [0.29, 0.717) is 10.9 Å². The van der Waals surface area contributed by atoms with Crippen molar-refractivity contribution in [3.63, 3.8) is 0 Å². The maximum atomic E-state index is 15.9. The smallest absolute Gasteiger partial charge is 0.306 e. The lowest BCUT2D eigenvalue weighted by atomic mass is 9.75. The van der Waals surface area contributed by atoms with Gasteiger partial charge in [-0.25, -0.2) is 26.9 Å². The highest BCUT2D eigenvalue weighted by atomic mass is 32.2. The molecule has 0 fully saturated rings. The van der Waals surface area contributed by atoms with Gasteiger partial charge in [-0.15, -0.1) is 0 Å². The number of ether oxygens (including phenoxy) is 1. The number of aliphatic carboxylic acids is 1. The van der Waals surface area contributed by atoms with Crippen molar-refractivity contribution in [2.24, 2.45) is 18.4 Å². The second-order valence-corrected chi connectivity index (χ2v) is 15.2. The molecule has 0 aliphatic carbocycles. The second-order valence-electron chi connectivity index (χ2n) is 13.1. The number of carbonyl (C=O) groups is 1. The first kappa shape index (κ1) is 25.4. The summed E-state index contributed by atoms with van der Waals surface area (Å²) in [5.74, 6) is -7.03. The van der Waals surface area contributed by atoms with Gasteiger partial charge < -0.3 is 14.8 Å². The lowest BCUT2D eigenvalue weighted by Crippen LogP contribution is -2.29. The summed E-state index contributed by atoms with van der Waals surface area (Å²) in [6.45, 7) is -8.49. The van der Waals surface area contributed by atoms with E-state index in [2.05, 4.69) is 15.1 Å². The van der Waals surface area contributed by atoms with Crippen molar-refractivity contribution in [2.45, 2.75) is 65.0 Å². The Kier molecular flexibility index (Phi) is 6.74. The van der Waals surface area contributed by atoms with E-state index in [1.807, 2.05) is 0 Å². The summed E-state index contributed by atoms with van der Waals surface area (Å²) in [6, 6.07) is 12.1. The van der Waals surface area contributed by atoms with Crippen LogP contribution in [0, 0.1) is 23.0 Å². The van der Waals surface area contributed by atoms with Crippen LogP contribution in [0.3, 0.4) is 0 Å². The van der Waals surface area contributed by atoms with Gasteiger partial charge in [-0.05, 0) is 73.3 Å². The van der Waals surface area contributed by atoms with Crippen LogP contribution < -0.4 is 4.74 Å². The Morgan fingerprint density at radius 3 is 2.70 bits per heavy atom. The van der Waals surface area contributed by atoms with E-state index in [4.69, 9.17) is 17.1 Å². The Morgan fingerprint density at radius 2 is 1.94 bits per heavy atom. The fourth-order valence-electron chi connectivity index (χ4n) is 6.46. The van der Waals surface area contributed by atoms with Gasteiger partial charge in [0.2, 0.25) is 0 Å². The van der Waals surface area contributed by atoms with Crippen molar-refractivity contribution in [3.05, 3.63) is 94.9 Å². The number of carboxylic acids is 1. The van der Waals surface area contributed by atoms with E-state index in [1.165, 1.54) is 50.5 Å². The monoisotopic (exact) mass is 713 g/mol. The Bertz CT molecular complexity index is 2500. The number of halogens is 2. The van der Waals surface area contributed by atoms with Crippen LogP contribution in [0.1, 0.15) is 81.6 Å². The number of fused-ring (bicyclic) bond motifs is 8. The largest absolute Gasteiger partial charge is 0.481 e. The molecule has 12 heteroatoms. The molecule has 0 radical (unpaired) electrons. The average Bonchev–Trinajstić information content (AvgIpc) is 3.74. The summed E-state index contributed by atoms with van der Waals surface area (Å²) in [7, 11) is -3.24. The van der Waals surface area contributed by atoms with Crippen LogP contribution in [0.4, 0.5) is 8.78 Å². The van der Waals surface area contributed by atoms with Crippen LogP contribution in [0.2, 0.25) is 0 Å². The number of H-pyrrole nitrogens is 1. The number of hydrogen-bond acceptors (Lipinski definition) is 6. The molecule has 0 spiro atoms. The molecule has 2 N–H and O–H groups in total. The van der Waals surface area contributed by atoms with Crippen molar-refractivity contribution >= 4 is 26.7 Å². The maximum Gasteiger partial charge on any atom is 0.306 e. The van der Waals surface area contributed by atoms with Crippen LogP contribution in [0.5, 0.6) is 11.5 Å². The van der Waals surface area contributed by atoms with Gasteiger partial charge in [0, 0.05) is 48.1 Å². The second kappa shape index (κ2) is 13.3. The zero-order valence-corrected chi connectivity index (χ0v) is 28.2. The Hall–Kier alpha value is -4.58. The highest BCUT2D eigenvalue weighted by Crippen LogP contribution is 2.41. The molecule has 1 aliphatic rings. The Labute approximate surface area is 303 Å². The molecule has 0 saturated carbocycles. The molecule has 6 rings (SSSR count). The quantitative estimate of drug-likeness (QED) is 0.195. The van der Waals surface area contributed by atoms with Gasteiger partial charge in [-0.2, -0.15) is 5.10 Å². The zero-order chi connectivity index (χ0) is 43.5. The van der Waals surface area contributed by atoms with Crippen molar-refractivity contribution < 1.29 is 44.2 Å². The SMILES string of the molecule is [2H]C([2H])([2H])C1(c2cccc(CC(C)C(=O)O)c2)CCCC(C([2H])([2H])[2H])(C([2H])([2H])[2H])CS(=O)(=O)CCc2c(c(F)cc3[nH]ccc23)Oc2ccc(F)c(c2)-c2nc1nn2C. The minimum atomic E-state index is -4.62. The van der Waals surface area contributed by atoms with Gasteiger partial charge in [-0.1, -0.05) is 51.3 Å². The van der Waals surface area contributed by atoms with Crippen molar-refractivity contribution in [3.8, 4) is 22.9 Å². The maximum absolute atomic E-state index is 15.9. The van der Waals surface area contributed by atoms with Gasteiger partial charge in [0.15, 0.2) is 33.1 Å². The van der Waals surface area contributed by atoms with E-state index < -0.39 is 114 Å². The molecule has 264 valence electrons. The minimum Gasteiger partial charge on any atom is -0.481 e. The number of aryl methyl sites for hydroxylation is 2. The van der Waals surface area contributed by atoms with Crippen LogP contribution in [-0.2, 0) is 39.9 Å². The third-order valence-electron chi connectivity index (χ3n) is 9.08. The summed E-state index contributed by atoms with van der Waals surface area (Å²) in [4.78, 5) is 19.2. The van der Waals surface area contributed by atoms with E-state index in [9.17, 15) is 18.3 Å². The topological polar surface area (TPSA) is 127 Å². The number of aromatic amines is 1. The normalized spacial score (nSPS) is 23.3. The van der Waals surface area contributed by atoms with Gasteiger partial charge >= 0.3 is 5.97 Å². The summed E-state index contributed by atoms with van der Waals surface area (Å²) >= 11 is 0. The highest BCUT2D eigenvalue weighted by molar-refractivity contribution is 7.91. The fraction of sp³-hybridized carbons (Fsp3) is 0.395. The molecular formula is C38H42F2N4O5S. The first-order valence-corrected chi connectivity index (χ1v) is 17.8. The first-order valence-electron chi connectivity index (χ1n) is 20.5. The molecule has 3 aromatic carbocycles. The lowest BCUT2D eigenvalue weighted by molar-refractivity contribution is -0.141. The molecule has 0 amide bonds. The molecule has 1 aliphatic heterocycles. The lowest BCUT2D eigenvalue weighted by Gasteiger charge is -2.31. The van der Waals surface area contributed by atoms with Crippen LogP contribution in [-0.4, -0.2) is 50.7 Å². The average molecular weight is 714 g/mol. The number of carboxylic acid groups (broad SMARTS) is 1. The van der Waals surface area contributed by atoms with Crippen molar-refractivity contribution in [1.29, 1.82) is 0 Å². The molecule has 2 aromatic heterocycles. The van der Waals surface area contributed by atoms with Crippen LogP contribution >= 0.6 is 0 Å². The van der Waals surface area contributed by atoms with Gasteiger partial charge in [0.25, 0.3) is 0 Å². The Balaban J connectivity index is 1.64. The third-order valence-corrected chi connectivity index (χ3v) is 10.8. The summed E-state index contributed by atoms with van der Waals surface area (Å²) < 4.78 is 145. The molecule has 4 bridgehead atoms. The molecule has 3 heterocycles. The van der Waals surface area contributed by atoms with E-state index >= 15 is 8.78 Å². The van der Waals surface area contributed by atoms with Crippen molar-refractivity contribution in [2.75, 3.05) is 11.5 Å². The van der Waals surface area contributed by atoms with E-state index in [-0.39, 0.29) is 40.2 Å². The molecule has 9 nitrogen and oxygen atoms in total. The van der Waals surface area contributed by atoms with Gasteiger partial charge in [0.05, 0.1) is 28.4 Å². The predicted octanol–water partition coefficient (Wildman–Crippen LogP) is 7.77. The Morgan fingerprint density at radius 1 is 1.12 bits per heavy atom. The predicted molar refractivity (Wildman–Crippen MR) is 188 cm³/mol. The minimum absolute atomic E-state index is 0.0163. The highest BCUT2D eigenvalue weighted by Gasteiger charge is 2.36. The summed E-state index contributed by atoms with van der Waals surface area (Å²) in [5, 5.41) is 14.5. The number of hydrogen-bond donors (Lipinski definition) is 2. The molecule has 2 atom stereocenters. The molecular weight excluding hydrogens is 663 g/mol. The van der Waals surface area contributed by atoms with Gasteiger partial charge in [0.1, 0.15) is 11.6 Å². The van der Waals surface area contributed by atoms with E-state index in [0.717, 1.165) is 16.8 Å². The number of aromatic nitrogens is 4. The summed E-state index contributed by atoms with van der Waals surface area (Å²) in [5.41, 5.74) is -4.62. The van der Waals surface area contributed by atoms with E-state index in [1.54, 1.807) is 12.1 Å². The number of nitrogens with zero attached hydrogens (tertiary/aromatic N) is 3. The first-order chi connectivity index (χ1) is 27.3. The fourth-order valence-corrected chi connectivity index (χ4v) is 8.02. The molecule has 2 unspecified atom stereocenters. The molecule has 5 aromatic rings. The number of benzene rings is 3. The number of sulfone groups is 1. The van der Waals surface area contributed by atoms with Crippen molar-refractivity contribution in [1.82, 2.24) is 19.7 Å². The number of nitrogens with one attached hydrogen (secondary N) is 1. The van der Waals surface area contributed by atoms with Crippen LogP contribution in [0.25, 0.3) is 22.3 Å². The zero-order valence-electron chi connectivity index (χ0n) is 36.4. The standard InChI is InChI=1S/C38H42F2N4O5S/c1-23(35(45)46)18-24-8-6-9-25(19-24)38(4)15-7-14-37(2,3)22-50(47,48)17-13-28-27-12-16-41-32(27)21-31(40)33(28)49-26-10-11-30(39)29(20-26)34-42-36(38)43-44(34)5/h6,8-12,16,19-21,23,41H,7,13-15,17-18,22H2,1-5H3,(H,45,46)/i2D3,3D3,4D3.